The fraction of sp³-hybridized carbons (Fsp3) is 0.231. The second kappa shape index (κ2) is 5.94. The molecule has 0 aliphatic rings. The molecule has 0 fully saturated rings. The number of alkyl halides is 3. The van der Waals surface area contributed by atoms with E-state index in [0.29, 0.717) is 5.56 Å². The van der Waals surface area contributed by atoms with Gasteiger partial charge in [0.1, 0.15) is 0 Å². The molecular weight excluding hydrogens is 373 g/mol. The van der Waals surface area contributed by atoms with Crippen molar-refractivity contribution < 1.29 is 25.8 Å². The van der Waals surface area contributed by atoms with Gasteiger partial charge in [0.05, 0.1) is 6.61 Å². The van der Waals surface area contributed by atoms with E-state index in [1.165, 1.54) is 0 Å². The van der Waals surface area contributed by atoms with Crippen LogP contribution in [0, 0.1) is 0 Å². The average Bonchev–Trinajstić information content (AvgIpc) is 2.37. The van der Waals surface area contributed by atoms with Crippen molar-refractivity contribution in [1.29, 1.82) is 0 Å². The molecule has 114 valence electrons. The first-order valence-corrected chi connectivity index (χ1v) is 8.03. The summed E-state index contributed by atoms with van der Waals surface area (Å²) in [4.78, 5) is 0. The quantitative estimate of drug-likeness (QED) is 0.592. The highest BCUT2D eigenvalue weighted by molar-refractivity contribution is 9.10. The van der Waals surface area contributed by atoms with Crippen LogP contribution in [-0.4, -0.2) is 20.5 Å². The standard InChI is InChI=1S/C13H10BrF3O3S/c14-12-4-3-10-7-9(1-2-11(10)8-12)5-6-20-21(18,19)13(15,16)17/h1-4,7-8H,5-6H2. The van der Waals surface area contributed by atoms with Crippen molar-refractivity contribution in [2.45, 2.75) is 11.9 Å². The summed E-state index contributed by atoms with van der Waals surface area (Å²) < 4.78 is 62.6. The van der Waals surface area contributed by atoms with E-state index in [2.05, 4.69) is 20.1 Å². The smallest absolute Gasteiger partial charge is 0.263 e. The van der Waals surface area contributed by atoms with Crippen molar-refractivity contribution in [3.05, 3.63) is 46.4 Å². The first-order valence-electron chi connectivity index (χ1n) is 5.83. The molecule has 2 aromatic carbocycles. The van der Waals surface area contributed by atoms with Crippen molar-refractivity contribution in [3.63, 3.8) is 0 Å². The lowest BCUT2D eigenvalue weighted by atomic mass is 10.1. The van der Waals surface area contributed by atoms with E-state index in [1.54, 1.807) is 12.1 Å². The van der Waals surface area contributed by atoms with Gasteiger partial charge in [-0.15, -0.1) is 0 Å². The number of benzene rings is 2. The van der Waals surface area contributed by atoms with Gasteiger partial charge in [0.15, 0.2) is 0 Å². The molecule has 21 heavy (non-hydrogen) atoms. The molecule has 0 aliphatic heterocycles. The maximum atomic E-state index is 12.1. The van der Waals surface area contributed by atoms with Crippen molar-refractivity contribution in [3.8, 4) is 0 Å². The summed E-state index contributed by atoms with van der Waals surface area (Å²) in [5, 5.41) is 1.88. The monoisotopic (exact) mass is 382 g/mol. The Hall–Kier alpha value is -1.12. The lowest BCUT2D eigenvalue weighted by molar-refractivity contribution is -0.0541. The molecule has 0 saturated carbocycles. The molecule has 0 spiro atoms. The third-order valence-electron chi connectivity index (χ3n) is 2.78. The fourth-order valence-electron chi connectivity index (χ4n) is 1.76. The second-order valence-corrected chi connectivity index (χ2v) is 6.82. The van der Waals surface area contributed by atoms with E-state index in [4.69, 9.17) is 0 Å². The highest BCUT2D eigenvalue weighted by Gasteiger charge is 2.47. The van der Waals surface area contributed by atoms with Crippen molar-refractivity contribution in [2.24, 2.45) is 0 Å². The third-order valence-corrected chi connectivity index (χ3v) is 4.32. The number of halogens is 4. The molecule has 0 heterocycles. The minimum Gasteiger partial charge on any atom is -0.263 e. The van der Waals surface area contributed by atoms with E-state index in [-0.39, 0.29) is 6.42 Å². The number of fused-ring (bicyclic) bond motifs is 1. The summed E-state index contributed by atoms with van der Waals surface area (Å²) in [5.74, 6) is 0. The predicted octanol–water partition coefficient (Wildman–Crippen LogP) is 4.01. The van der Waals surface area contributed by atoms with Gasteiger partial charge in [0.2, 0.25) is 0 Å². The van der Waals surface area contributed by atoms with Gasteiger partial charge in [-0.25, -0.2) is 0 Å². The zero-order valence-corrected chi connectivity index (χ0v) is 12.9. The van der Waals surface area contributed by atoms with Gasteiger partial charge < -0.3 is 0 Å². The van der Waals surface area contributed by atoms with Crippen LogP contribution in [0.5, 0.6) is 0 Å². The maximum Gasteiger partial charge on any atom is 0.523 e. The first kappa shape index (κ1) is 16.3. The first-order chi connectivity index (χ1) is 9.69. The van der Waals surface area contributed by atoms with Gasteiger partial charge in [-0.2, -0.15) is 21.6 Å². The zero-order chi connectivity index (χ0) is 15.7. The van der Waals surface area contributed by atoms with Gasteiger partial charge in [-0.05, 0) is 34.9 Å². The molecule has 0 aromatic heterocycles. The fourth-order valence-corrected chi connectivity index (χ4v) is 2.57. The average molecular weight is 383 g/mol. The Kier molecular flexibility index (Phi) is 4.60. The van der Waals surface area contributed by atoms with Crippen molar-refractivity contribution in [1.82, 2.24) is 0 Å². The normalized spacial score (nSPS) is 12.8. The van der Waals surface area contributed by atoms with Crippen LogP contribution in [0.15, 0.2) is 40.9 Å². The lowest BCUT2D eigenvalue weighted by Gasteiger charge is -2.08. The number of hydrogen-bond donors (Lipinski definition) is 0. The van der Waals surface area contributed by atoms with Crippen LogP contribution in [0.2, 0.25) is 0 Å². The summed E-state index contributed by atoms with van der Waals surface area (Å²) in [7, 11) is -5.52. The van der Waals surface area contributed by atoms with Crippen LogP contribution in [0.1, 0.15) is 5.56 Å². The van der Waals surface area contributed by atoms with Gasteiger partial charge >= 0.3 is 15.6 Å². The minimum absolute atomic E-state index is 0.0707. The molecule has 0 aliphatic carbocycles. The maximum absolute atomic E-state index is 12.1. The summed E-state index contributed by atoms with van der Waals surface area (Å²) in [6.45, 7) is -0.552. The Labute approximate surface area is 128 Å². The predicted molar refractivity (Wildman–Crippen MR) is 76.3 cm³/mol. The molecule has 0 bridgehead atoms. The van der Waals surface area contributed by atoms with Gasteiger partial charge in [-0.3, -0.25) is 4.18 Å². The van der Waals surface area contributed by atoms with Crippen LogP contribution < -0.4 is 0 Å². The molecule has 2 aromatic rings. The van der Waals surface area contributed by atoms with Gasteiger partial charge in [0, 0.05) is 4.47 Å². The molecule has 3 nitrogen and oxygen atoms in total. The van der Waals surface area contributed by atoms with Crippen LogP contribution in [0.3, 0.4) is 0 Å². The van der Waals surface area contributed by atoms with Crippen LogP contribution in [0.4, 0.5) is 13.2 Å². The zero-order valence-electron chi connectivity index (χ0n) is 10.5. The highest BCUT2D eigenvalue weighted by Crippen LogP contribution is 2.25. The molecule has 8 heteroatoms. The van der Waals surface area contributed by atoms with E-state index >= 15 is 0 Å². The van der Waals surface area contributed by atoms with E-state index < -0.39 is 22.2 Å². The molecule has 2 rings (SSSR count). The summed E-state index contributed by atoms with van der Waals surface area (Å²) >= 11 is 3.34. The van der Waals surface area contributed by atoms with E-state index in [9.17, 15) is 21.6 Å². The number of rotatable bonds is 4. The Morgan fingerprint density at radius 1 is 1.05 bits per heavy atom. The van der Waals surface area contributed by atoms with Gasteiger partial charge in [0.25, 0.3) is 0 Å². The molecule has 0 radical (unpaired) electrons. The van der Waals surface area contributed by atoms with Crippen LogP contribution in [-0.2, 0) is 20.7 Å². The molecule has 0 atom stereocenters. The molecule has 0 unspecified atom stereocenters. The molecular formula is C13H10BrF3O3S. The molecule has 0 saturated heterocycles. The third kappa shape index (κ3) is 3.96. The SMILES string of the molecule is O=S(=O)(OCCc1ccc2cc(Br)ccc2c1)C(F)(F)F. The Morgan fingerprint density at radius 2 is 1.67 bits per heavy atom. The van der Waals surface area contributed by atoms with E-state index in [0.717, 1.165) is 15.2 Å². The molecule has 0 amide bonds. The Balaban J connectivity index is 2.06. The topological polar surface area (TPSA) is 43.4 Å². The van der Waals surface area contributed by atoms with Crippen LogP contribution in [0.25, 0.3) is 10.8 Å². The van der Waals surface area contributed by atoms with Crippen LogP contribution >= 0.6 is 15.9 Å². The van der Waals surface area contributed by atoms with Gasteiger partial charge in [-0.1, -0.05) is 40.2 Å². The largest absolute Gasteiger partial charge is 0.523 e. The summed E-state index contributed by atoms with van der Waals surface area (Å²) in [5.41, 5.74) is -4.69. The second-order valence-electron chi connectivity index (χ2n) is 4.30. The summed E-state index contributed by atoms with van der Waals surface area (Å²) in [6.07, 6.45) is 0.0707. The lowest BCUT2D eigenvalue weighted by Crippen LogP contribution is -2.26. The molecule has 0 N–H and O–H groups in total. The number of hydrogen-bond acceptors (Lipinski definition) is 3. The Morgan fingerprint density at radius 3 is 2.33 bits per heavy atom. The van der Waals surface area contributed by atoms with E-state index in [1.807, 2.05) is 24.3 Å². The summed E-state index contributed by atoms with van der Waals surface area (Å²) in [6, 6.07) is 10.9. The van der Waals surface area contributed by atoms with Crippen molar-refractivity contribution in [2.75, 3.05) is 6.61 Å². The Bertz CT molecular complexity index is 757. The van der Waals surface area contributed by atoms with Crippen molar-refractivity contribution >= 4 is 36.8 Å². The highest BCUT2D eigenvalue weighted by atomic mass is 79.9. The minimum atomic E-state index is -5.52.